The fraction of sp³-hybridized carbons (Fsp3) is 0.974. The average molecular weight is 1170 g/mol. The third-order valence-corrected chi connectivity index (χ3v) is 18.7. The van der Waals surface area contributed by atoms with E-state index in [2.05, 4.69) is 19.2 Å². The van der Waals surface area contributed by atoms with Crippen molar-refractivity contribution >= 4 is 11.9 Å². The Bertz CT molecular complexity index is 1210. The van der Waals surface area contributed by atoms with Crippen LogP contribution in [0.3, 0.4) is 0 Å². The summed E-state index contributed by atoms with van der Waals surface area (Å²) in [5.41, 5.74) is 0. The molecule has 0 fully saturated rings. The van der Waals surface area contributed by atoms with Crippen LogP contribution in [0, 0.1) is 0 Å². The Morgan fingerprint density at radius 1 is 0.289 bits per heavy atom. The minimum Gasteiger partial charge on any atom is -0.466 e. The van der Waals surface area contributed by atoms with Crippen molar-refractivity contribution in [2.24, 2.45) is 0 Å². The zero-order valence-electron chi connectivity index (χ0n) is 57.0. The third-order valence-electron chi connectivity index (χ3n) is 18.7. The summed E-state index contributed by atoms with van der Waals surface area (Å²) >= 11 is 0. The molecule has 0 aromatic heterocycles. The number of hydrogen-bond acceptors (Lipinski definition) is 5. The van der Waals surface area contributed by atoms with E-state index in [9.17, 15) is 19.8 Å². The number of nitrogens with one attached hydrogen (secondary N) is 1. The molecule has 0 bridgehead atoms. The van der Waals surface area contributed by atoms with Crippen molar-refractivity contribution in [3.05, 3.63) is 0 Å². The van der Waals surface area contributed by atoms with Gasteiger partial charge in [-0.3, -0.25) is 9.59 Å². The molecule has 83 heavy (non-hydrogen) atoms. The van der Waals surface area contributed by atoms with Gasteiger partial charge in [0.1, 0.15) is 0 Å². The maximum absolute atomic E-state index is 12.6. The molecule has 2 atom stereocenters. The summed E-state index contributed by atoms with van der Waals surface area (Å²) in [6.07, 6.45) is 90.4. The van der Waals surface area contributed by atoms with Gasteiger partial charge < -0.3 is 20.3 Å². The molecule has 6 nitrogen and oxygen atoms in total. The number of amides is 1. The average Bonchev–Trinajstić information content (AvgIpc) is 3.49. The monoisotopic (exact) mass is 1170 g/mol. The van der Waals surface area contributed by atoms with E-state index < -0.39 is 12.1 Å². The van der Waals surface area contributed by atoms with Crippen LogP contribution in [0.2, 0.25) is 0 Å². The molecule has 0 saturated carbocycles. The highest BCUT2D eigenvalue weighted by atomic mass is 16.5. The van der Waals surface area contributed by atoms with Gasteiger partial charge in [-0.15, -0.1) is 0 Å². The van der Waals surface area contributed by atoms with Crippen LogP contribution >= 0.6 is 0 Å². The van der Waals surface area contributed by atoms with E-state index in [-0.39, 0.29) is 18.5 Å². The van der Waals surface area contributed by atoms with E-state index in [0.717, 1.165) is 38.5 Å². The molecule has 0 aromatic rings. The summed E-state index contributed by atoms with van der Waals surface area (Å²) < 4.78 is 5.51. The number of aliphatic hydroxyl groups excluding tert-OH is 2. The molecular weight excluding hydrogens is 1020 g/mol. The van der Waals surface area contributed by atoms with Crippen LogP contribution in [0.4, 0.5) is 0 Å². The van der Waals surface area contributed by atoms with Gasteiger partial charge in [-0.05, 0) is 25.7 Å². The van der Waals surface area contributed by atoms with Gasteiger partial charge >= 0.3 is 5.97 Å². The number of unbranched alkanes of at least 4 members (excludes halogenated alkanes) is 63. The highest BCUT2D eigenvalue weighted by Gasteiger charge is 2.20. The first-order valence-electron chi connectivity index (χ1n) is 38.8. The molecular formula is C77H153NO5. The van der Waals surface area contributed by atoms with Crippen molar-refractivity contribution in [2.45, 2.75) is 469 Å². The van der Waals surface area contributed by atoms with Gasteiger partial charge in [0.05, 0.1) is 25.4 Å². The maximum Gasteiger partial charge on any atom is 0.305 e. The van der Waals surface area contributed by atoms with Gasteiger partial charge in [0.15, 0.2) is 0 Å². The fourth-order valence-electron chi connectivity index (χ4n) is 12.8. The standard InChI is InChI=1S/C77H153NO5/c1-3-5-7-9-11-13-15-17-19-21-22-23-32-35-38-41-45-49-53-57-61-65-69-75(80)74(73-79)78-76(81)70-66-62-58-54-50-46-42-39-36-33-30-28-26-24-25-27-29-31-34-37-40-44-48-52-56-60-64-68-72-83-77(82)71-67-63-59-55-51-47-43-20-18-16-14-12-10-8-6-4-2/h74-75,79-80H,3-73H2,1-2H3,(H,78,81). The Hall–Kier alpha value is -1.14. The molecule has 0 aliphatic carbocycles. The molecule has 0 rings (SSSR count). The van der Waals surface area contributed by atoms with Gasteiger partial charge in [0, 0.05) is 12.8 Å². The van der Waals surface area contributed by atoms with Gasteiger partial charge in [0.2, 0.25) is 5.91 Å². The third kappa shape index (κ3) is 69.8. The van der Waals surface area contributed by atoms with Crippen LogP contribution in [0.15, 0.2) is 0 Å². The second-order valence-electron chi connectivity index (χ2n) is 27.1. The van der Waals surface area contributed by atoms with E-state index >= 15 is 0 Å². The van der Waals surface area contributed by atoms with E-state index in [0.29, 0.717) is 25.9 Å². The SMILES string of the molecule is CCCCCCCCCCCCCCCCCCCCCCCCC(O)C(CO)NC(=O)CCCCCCCCCCCCCCCCCCCCCCCCCCCCCCOC(=O)CCCCCCCCCCCCCCCCCC. The Balaban J connectivity index is 3.33. The van der Waals surface area contributed by atoms with Crippen molar-refractivity contribution in [3.8, 4) is 0 Å². The van der Waals surface area contributed by atoms with E-state index in [4.69, 9.17) is 4.74 Å². The van der Waals surface area contributed by atoms with Crippen LogP contribution in [0.1, 0.15) is 457 Å². The largest absolute Gasteiger partial charge is 0.466 e. The van der Waals surface area contributed by atoms with Crippen molar-refractivity contribution in [3.63, 3.8) is 0 Å². The minimum absolute atomic E-state index is 0.0239. The zero-order valence-corrected chi connectivity index (χ0v) is 57.0. The Morgan fingerprint density at radius 2 is 0.494 bits per heavy atom. The Morgan fingerprint density at radius 3 is 0.735 bits per heavy atom. The second-order valence-corrected chi connectivity index (χ2v) is 27.1. The lowest BCUT2D eigenvalue weighted by atomic mass is 10.0. The summed E-state index contributed by atoms with van der Waals surface area (Å²) in [7, 11) is 0. The molecule has 1 amide bonds. The molecule has 6 heteroatoms. The van der Waals surface area contributed by atoms with Crippen molar-refractivity contribution < 1.29 is 24.5 Å². The molecule has 0 saturated heterocycles. The maximum atomic E-state index is 12.6. The lowest BCUT2D eigenvalue weighted by Crippen LogP contribution is -2.45. The topological polar surface area (TPSA) is 95.9 Å². The summed E-state index contributed by atoms with van der Waals surface area (Å²) in [5.74, 6) is -0.00172. The van der Waals surface area contributed by atoms with Crippen molar-refractivity contribution in [2.75, 3.05) is 13.2 Å². The highest BCUT2D eigenvalue weighted by Crippen LogP contribution is 2.20. The first-order valence-corrected chi connectivity index (χ1v) is 38.8. The zero-order chi connectivity index (χ0) is 59.9. The van der Waals surface area contributed by atoms with Crippen LogP contribution in [-0.4, -0.2) is 47.4 Å². The van der Waals surface area contributed by atoms with Crippen LogP contribution in [0.5, 0.6) is 0 Å². The number of aliphatic hydroxyl groups is 2. The number of hydrogen-bond donors (Lipinski definition) is 3. The molecule has 496 valence electrons. The first kappa shape index (κ1) is 81.9. The normalized spacial score (nSPS) is 12.4. The van der Waals surface area contributed by atoms with Gasteiger partial charge in [-0.2, -0.15) is 0 Å². The second kappa shape index (κ2) is 73.3. The van der Waals surface area contributed by atoms with Gasteiger partial charge in [-0.25, -0.2) is 0 Å². The van der Waals surface area contributed by atoms with Crippen LogP contribution < -0.4 is 5.32 Å². The predicted molar refractivity (Wildman–Crippen MR) is 366 cm³/mol. The predicted octanol–water partition coefficient (Wildman–Crippen LogP) is 25.3. The van der Waals surface area contributed by atoms with Gasteiger partial charge in [0.25, 0.3) is 0 Å². The highest BCUT2D eigenvalue weighted by molar-refractivity contribution is 5.76. The van der Waals surface area contributed by atoms with Gasteiger partial charge in [-0.1, -0.05) is 418 Å². The van der Waals surface area contributed by atoms with E-state index in [1.165, 1.54) is 385 Å². The number of ether oxygens (including phenoxy) is 1. The molecule has 0 radical (unpaired) electrons. The van der Waals surface area contributed by atoms with E-state index in [1.807, 2.05) is 0 Å². The quantitative estimate of drug-likeness (QED) is 0.0417. The number of esters is 1. The molecule has 0 aromatic carbocycles. The summed E-state index contributed by atoms with van der Waals surface area (Å²) in [6.45, 7) is 5.02. The fourth-order valence-corrected chi connectivity index (χ4v) is 12.8. The summed E-state index contributed by atoms with van der Waals surface area (Å²) in [6, 6.07) is -0.539. The molecule has 2 unspecified atom stereocenters. The molecule has 0 aliphatic heterocycles. The van der Waals surface area contributed by atoms with Crippen LogP contribution in [-0.2, 0) is 14.3 Å². The van der Waals surface area contributed by atoms with Crippen LogP contribution in [0.25, 0.3) is 0 Å². The minimum atomic E-state index is -0.662. The number of carbonyl (C=O) groups excluding carboxylic acids is 2. The molecule has 0 spiro atoms. The summed E-state index contributed by atoms with van der Waals surface area (Å²) in [4.78, 5) is 24.7. The molecule has 0 aliphatic rings. The van der Waals surface area contributed by atoms with Crippen molar-refractivity contribution in [1.82, 2.24) is 5.32 Å². The van der Waals surface area contributed by atoms with Crippen molar-refractivity contribution in [1.29, 1.82) is 0 Å². The van der Waals surface area contributed by atoms with E-state index in [1.54, 1.807) is 0 Å². The Labute approximate surface area is 521 Å². The molecule has 3 N–H and O–H groups in total. The lowest BCUT2D eigenvalue weighted by Gasteiger charge is -2.22. The summed E-state index contributed by atoms with van der Waals surface area (Å²) in [5, 5.41) is 23.5. The number of carbonyl (C=O) groups is 2. The smallest absolute Gasteiger partial charge is 0.305 e. The molecule has 0 heterocycles. The first-order chi connectivity index (χ1) is 41.0. The Kier molecular flexibility index (Phi) is 72.3. The lowest BCUT2D eigenvalue weighted by molar-refractivity contribution is -0.143. The number of rotatable bonds is 74.